The molecule has 2 aromatic carbocycles. The minimum Gasteiger partial charge on any atom is -0.319 e. The van der Waals surface area contributed by atoms with E-state index in [0.29, 0.717) is 22.0 Å². The van der Waals surface area contributed by atoms with Crippen molar-refractivity contribution in [3.63, 3.8) is 0 Å². The van der Waals surface area contributed by atoms with E-state index in [2.05, 4.69) is 10.4 Å². The standard InChI is InChI=1S/C17H13ClFN3O/c1-11-16(21-17(23)12-3-2-4-13(18)9-12)10-20-22(11)15-7-5-14(19)6-8-15/h2-10H,1H3,(H,21,23). The number of nitrogens with one attached hydrogen (secondary N) is 1. The number of aromatic nitrogens is 2. The Morgan fingerprint density at radius 1 is 1.22 bits per heavy atom. The van der Waals surface area contributed by atoms with Gasteiger partial charge in [-0.1, -0.05) is 17.7 Å². The summed E-state index contributed by atoms with van der Waals surface area (Å²) in [5, 5.41) is 7.53. The van der Waals surface area contributed by atoms with E-state index in [-0.39, 0.29) is 11.7 Å². The van der Waals surface area contributed by atoms with Crippen molar-refractivity contribution in [1.82, 2.24) is 9.78 Å². The number of anilines is 1. The Hall–Kier alpha value is -2.66. The molecular weight excluding hydrogens is 317 g/mol. The van der Waals surface area contributed by atoms with Gasteiger partial charge < -0.3 is 5.32 Å². The van der Waals surface area contributed by atoms with E-state index in [4.69, 9.17) is 11.6 Å². The zero-order valence-corrected chi connectivity index (χ0v) is 13.0. The molecule has 23 heavy (non-hydrogen) atoms. The number of carbonyl (C=O) groups is 1. The fraction of sp³-hybridized carbons (Fsp3) is 0.0588. The molecule has 1 aromatic heterocycles. The highest BCUT2D eigenvalue weighted by molar-refractivity contribution is 6.31. The first-order chi connectivity index (χ1) is 11.0. The third-order valence-electron chi connectivity index (χ3n) is 3.42. The molecule has 1 N–H and O–H groups in total. The maximum Gasteiger partial charge on any atom is 0.255 e. The van der Waals surface area contributed by atoms with E-state index in [1.54, 1.807) is 47.3 Å². The van der Waals surface area contributed by atoms with Gasteiger partial charge in [0.05, 0.1) is 23.3 Å². The summed E-state index contributed by atoms with van der Waals surface area (Å²) in [6, 6.07) is 12.7. The second-order valence-electron chi connectivity index (χ2n) is 5.00. The van der Waals surface area contributed by atoms with Gasteiger partial charge in [-0.3, -0.25) is 4.79 Å². The highest BCUT2D eigenvalue weighted by Gasteiger charge is 2.12. The Balaban J connectivity index is 1.85. The summed E-state index contributed by atoms with van der Waals surface area (Å²) in [5.74, 6) is -0.581. The summed E-state index contributed by atoms with van der Waals surface area (Å²) in [6.07, 6.45) is 1.56. The summed E-state index contributed by atoms with van der Waals surface area (Å²) in [5.41, 5.74) is 2.50. The van der Waals surface area contributed by atoms with Crippen LogP contribution in [0, 0.1) is 12.7 Å². The Kier molecular flexibility index (Phi) is 4.12. The van der Waals surface area contributed by atoms with Crippen LogP contribution in [0.15, 0.2) is 54.7 Å². The second kappa shape index (κ2) is 6.22. The molecule has 3 rings (SSSR count). The molecule has 116 valence electrons. The van der Waals surface area contributed by atoms with Crippen molar-refractivity contribution in [2.45, 2.75) is 6.92 Å². The number of hydrogen-bond donors (Lipinski definition) is 1. The van der Waals surface area contributed by atoms with Gasteiger partial charge in [0.2, 0.25) is 0 Å². The van der Waals surface area contributed by atoms with Crippen molar-refractivity contribution >= 4 is 23.2 Å². The summed E-state index contributed by atoms with van der Waals surface area (Å²) in [6.45, 7) is 1.82. The van der Waals surface area contributed by atoms with Gasteiger partial charge in [-0.05, 0) is 49.4 Å². The van der Waals surface area contributed by atoms with Crippen LogP contribution in [0.4, 0.5) is 10.1 Å². The predicted molar refractivity (Wildman–Crippen MR) is 87.7 cm³/mol. The predicted octanol–water partition coefficient (Wildman–Crippen LogP) is 4.23. The average molecular weight is 330 g/mol. The number of amides is 1. The molecule has 0 fully saturated rings. The van der Waals surface area contributed by atoms with Gasteiger partial charge in [0, 0.05) is 10.6 Å². The number of rotatable bonds is 3. The maximum atomic E-state index is 13.0. The largest absolute Gasteiger partial charge is 0.319 e. The van der Waals surface area contributed by atoms with Crippen LogP contribution in [-0.4, -0.2) is 15.7 Å². The summed E-state index contributed by atoms with van der Waals surface area (Å²) < 4.78 is 14.6. The first-order valence-corrected chi connectivity index (χ1v) is 7.30. The van der Waals surface area contributed by atoms with Gasteiger partial charge >= 0.3 is 0 Å². The molecule has 0 saturated carbocycles. The first kappa shape index (κ1) is 15.2. The minimum absolute atomic E-state index is 0.269. The van der Waals surface area contributed by atoms with Crippen molar-refractivity contribution in [3.8, 4) is 5.69 Å². The molecule has 0 aliphatic heterocycles. The lowest BCUT2D eigenvalue weighted by Crippen LogP contribution is -2.12. The van der Waals surface area contributed by atoms with Crippen molar-refractivity contribution in [3.05, 3.63) is 76.8 Å². The molecule has 0 radical (unpaired) electrons. The van der Waals surface area contributed by atoms with E-state index in [0.717, 1.165) is 5.69 Å². The Labute approximate surface area is 137 Å². The zero-order valence-electron chi connectivity index (χ0n) is 12.3. The van der Waals surface area contributed by atoms with Gasteiger partial charge in [-0.2, -0.15) is 5.10 Å². The van der Waals surface area contributed by atoms with Gasteiger partial charge in [0.25, 0.3) is 5.91 Å². The van der Waals surface area contributed by atoms with Gasteiger partial charge in [0.1, 0.15) is 5.82 Å². The van der Waals surface area contributed by atoms with Crippen LogP contribution in [0.1, 0.15) is 16.1 Å². The number of benzene rings is 2. The van der Waals surface area contributed by atoms with Crippen molar-refractivity contribution < 1.29 is 9.18 Å². The van der Waals surface area contributed by atoms with E-state index in [1.165, 1.54) is 12.1 Å². The summed E-state index contributed by atoms with van der Waals surface area (Å²) >= 11 is 5.89. The SMILES string of the molecule is Cc1c(NC(=O)c2cccc(Cl)c2)cnn1-c1ccc(F)cc1. The molecule has 0 saturated heterocycles. The fourth-order valence-corrected chi connectivity index (χ4v) is 2.39. The van der Waals surface area contributed by atoms with E-state index in [9.17, 15) is 9.18 Å². The van der Waals surface area contributed by atoms with Crippen LogP contribution in [0.25, 0.3) is 5.69 Å². The molecule has 1 heterocycles. The molecule has 0 spiro atoms. The molecule has 0 unspecified atom stereocenters. The van der Waals surface area contributed by atoms with Crippen LogP contribution in [0.5, 0.6) is 0 Å². The number of carbonyl (C=O) groups excluding carboxylic acids is 1. The maximum absolute atomic E-state index is 13.0. The Morgan fingerprint density at radius 3 is 2.65 bits per heavy atom. The van der Waals surface area contributed by atoms with Crippen LogP contribution >= 0.6 is 11.6 Å². The molecule has 3 aromatic rings. The molecule has 4 nitrogen and oxygen atoms in total. The molecule has 6 heteroatoms. The zero-order chi connectivity index (χ0) is 16.4. The lowest BCUT2D eigenvalue weighted by molar-refractivity contribution is 0.102. The van der Waals surface area contributed by atoms with Crippen LogP contribution in [-0.2, 0) is 0 Å². The van der Waals surface area contributed by atoms with Crippen LogP contribution < -0.4 is 5.32 Å². The Morgan fingerprint density at radius 2 is 1.96 bits per heavy atom. The van der Waals surface area contributed by atoms with Gasteiger partial charge in [-0.15, -0.1) is 0 Å². The smallest absolute Gasteiger partial charge is 0.255 e. The second-order valence-corrected chi connectivity index (χ2v) is 5.43. The third kappa shape index (κ3) is 3.24. The lowest BCUT2D eigenvalue weighted by Gasteiger charge is -2.07. The summed E-state index contributed by atoms with van der Waals surface area (Å²) in [4.78, 5) is 12.3. The topological polar surface area (TPSA) is 46.9 Å². The van der Waals surface area contributed by atoms with Gasteiger partial charge in [0.15, 0.2) is 0 Å². The molecule has 0 aliphatic carbocycles. The quantitative estimate of drug-likeness (QED) is 0.781. The van der Waals surface area contributed by atoms with Crippen molar-refractivity contribution in [2.24, 2.45) is 0 Å². The van der Waals surface area contributed by atoms with E-state index in [1.807, 2.05) is 6.92 Å². The van der Waals surface area contributed by atoms with Crippen molar-refractivity contribution in [2.75, 3.05) is 5.32 Å². The molecular formula is C17H13ClFN3O. The Bertz CT molecular complexity index is 859. The average Bonchev–Trinajstić information content (AvgIpc) is 2.89. The monoisotopic (exact) mass is 329 g/mol. The van der Waals surface area contributed by atoms with E-state index >= 15 is 0 Å². The van der Waals surface area contributed by atoms with Crippen molar-refractivity contribution in [1.29, 1.82) is 0 Å². The van der Waals surface area contributed by atoms with Gasteiger partial charge in [-0.25, -0.2) is 9.07 Å². The third-order valence-corrected chi connectivity index (χ3v) is 3.65. The normalized spacial score (nSPS) is 10.6. The molecule has 1 amide bonds. The first-order valence-electron chi connectivity index (χ1n) is 6.92. The number of nitrogens with zero attached hydrogens (tertiary/aromatic N) is 2. The molecule has 0 aliphatic rings. The van der Waals surface area contributed by atoms with Crippen LogP contribution in [0.2, 0.25) is 5.02 Å². The summed E-state index contributed by atoms with van der Waals surface area (Å²) in [7, 11) is 0. The highest BCUT2D eigenvalue weighted by Crippen LogP contribution is 2.20. The number of hydrogen-bond acceptors (Lipinski definition) is 2. The lowest BCUT2D eigenvalue weighted by atomic mass is 10.2. The van der Waals surface area contributed by atoms with Crippen LogP contribution in [0.3, 0.4) is 0 Å². The highest BCUT2D eigenvalue weighted by atomic mass is 35.5. The fourth-order valence-electron chi connectivity index (χ4n) is 2.20. The number of halogens is 2. The minimum atomic E-state index is -0.312. The van der Waals surface area contributed by atoms with E-state index < -0.39 is 0 Å². The molecule has 0 atom stereocenters. The molecule has 0 bridgehead atoms.